The van der Waals surface area contributed by atoms with Gasteiger partial charge < -0.3 is 9.72 Å². The second kappa shape index (κ2) is 6.63. The van der Waals surface area contributed by atoms with Crippen molar-refractivity contribution >= 4 is 28.6 Å². The number of amides is 1. The molecule has 136 valence electrons. The summed E-state index contributed by atoms with van der Waals surface area (Å²) in [5.74, 6) is -0.121. The highest BCUT2D eigenvalue weighted by atomic mass is 32.1. The van der Waals surface area contributed by atoms with E-state index in [0.717, 1.165) is 38.9 Å². The highest BCUT2D eigenvalue weighted by molar-refractivity contribution is 7.13. The van der Waals surface area contributed by atoms with Gasteiger partial charge in [-0.3, -0.25) is 4.79 Å². The highest BCUT2D eigenvalue weighted by Crippen LogP contribution is 2.27. The zero-order valence-electron chi connectivity index (χ0n) is 15.7. The van der Waals surface area contributed by atoms with E-state index >= 15 is 0 Å². The number of imidazole rings is 1. The monoisotopic (exact) mass is 376 g/mol. The average molecular weight is 376 g/mol. The van der Waals surface area contributed by atoms with Crippen LogP contribution in [0.5, 0.6) is 0 Å². The molecule has 0 atom stereocenters. The maximum absolute atomic E-state index is 12.7. The molecule has 4 aromatic rings. The van der Waals surface area contributed by atoms with E-state index in [1.54, 1.807) is 0 Å². The number of nitrogens with zero attached hydrogens (tertiary/aromatic N) is 3. The second-order valence-corrected chi connectivity index (χ2v) is 7.93. The smallest absolute Gasteiger partial charge is 0.267 e. The molecule has 0 saturated heterocycles. The normalized spacial score (nSPS) is 11.1. The maximum Gasteiger partial charge on any atom is 0.267 e. The zero-order chi connectivity index (χ0) is 19.1. The molecule has 0 saturated carbocycles. The van der Waals surface area contributed by atoms with E-state index in [0.29, 0.717) is 4.88 Å². The Morgan fingerprint density at radius 2 is 1.89 bits per heavy atom. The first-order valence-electron chi connectivity index (χ1n) is 8.72. The van der Waals surface area contributed by atoms with Crippen molar-refractivity contribution in [3.05, 3.63) is 69.4 Å². The average Bonchev–Trinajstić information content (AvgIpc) is 3.19. The molecule has 3 heterocycles. The molecule has 5 nitrogen and oxygen atoms in total. The number of hydrogen-bond donors (Lipinski definition) is 1. The van der Waals surface area contributed by atoms with Crippen LogP contribution >= 0.6 is 11.3 Å². The van der Waals surface area contributed by atoms with Crippen molar-refractivity contribution < 1.29 is 4.79 Å². The molecule has 1 amide bonds. The minimum absolute atomic E-state index is 0.121. The molecule has 4 rings (SSSR count). The minimum Gasteiger partial charge on any atom is -0.321 e. The number of nitrogens with one attached hydrogen (secondary N) is 1. The topological polar surface area (TPSA) is 59.3 Å². The van der Waals surface area contributed by atoms with Gasteiger partial charge >= 0.3 is 0 Å². The van der Waals surface area contributed by atoms with Crippen molar-refractivity contribution in [3.63, 3.8) is 0 Å². The van der Waals surface area contributed by atoms with Crippen LogP contribution in [-0.2, 0) is 0 Å². The molecule has 0 radical (unpaired) electrons. The molecule has 0 unspecified atom stereocenters. The van der Waals surface area contributed by atoms with Crippen molar-refractivity contribution in [1.29, 1.82) is 0 Å². The first-order chi connectivity index (χ1) is 12.9. The number of carbonyl (C=O) groups excluding carboxylic acids is 1. The van der Waals surface area contributed by atoms with Gasteiger partial charge in [-0.25, -0.2) is 9.97 Å². The lowest BCUT2D eigenvalue weighted by atomic mass is 10.1. The lowest BCUT2D eigenvalue weighted by molar-refractivity contribution is 0.102. The van der Waals surface area contributed by atoms with E-state index < -0.39 is 0 Å². The van der Waals surface area contributed by atoms with Gasteiger partial charge in [-0.15, -0.1) is 11.3 Å². The maximum atomic E-state index is 12.7. The Kier molecular flexibility index (Phi) is 4.28. The third-order valence-corrected chi connectivity index (χ3v) is 5.58. The Morgan fingerprint density at radius 3 is 2.63 bits per heavy atom. The van der Waals surface area contributed by atoms with Crippen LogP contribution in [0, 0.1) is 27.7 Å². The summed E-state index contributed by atoms with van der Waals surface area (Å²) in [5.41, 5.74) is 6.48. The fourth-order valence-electron chi connectivity index (χ4n) is 3.06. The van der Waals surface area contributed by atoms with E-state index in [1.807, 2.05) is 55.8 Å². The SMILES string of the molecule is Cc1ccn2cc(-c3ccc(C)c(NC(=O)c4sc(C)nc4C)c3)nc2c1. The number of aryl methyl sites for hydroxylation is 4. The molecular formula is C21H20N4OS. The standard InChI is InChI=1S/C21H20N4OS/c1-12-7-8-25-11-18(23-19(25)9-12)16-6-5-13(2)17(10-16)24-21(26)20-14(3)22-15(4)27-20/h5-11H,1-4H3,(H,24,26). The summed E-state index contributed by atoms with van der Waals surface area (Å²) in [5, 5.41) is 3.92. The largest absolute Gasteiger partial charge is 0.321 e. The summed E-state index contributed by atoms with van der Waals surface area (Å²) in [6.07, 6.45) is 4.01. The number of rotatable bonds is 3. The van der Waals surface area contributed by atoms with Gasteiger partial charge in [0.2, 0.25) is 0 Å². The molecule has 6 heteroatoms. The molecule has 0 aliphatic carbocycles. The van der Waals surface area contributed by atoms with Crippen molar-refractivity contribution in [3.8, 4) is 11.3 Å². The van der Waals surface area contributed by atoms with E-state index in [4.69, 9.17) is 4.98 Å². The first kappa shape index (κ1) is 17.4. The van der Waals surface area contributed by atoms with E-state index in [9.17, 15) is 4.79 Å². The quantitative estimate of drug-likeness (QED) is 0.551. The number of thiazole rings is 1. The number of hydrogen-bond acceptors (Lipinski definition) is 4. The van der Waals surface area contributed by atoms with Crippen LogP contribution in [0.2, 0.25) is 0 Å². The molecule has 0 aliphatic heterocycles. The van der Waals surface area contributed by atoms with Crippen molar-refractivity contribution in [2.75, 3.05) is 5.32 Å². The van der Waals surface area contributed by atoms with Crippen LogP contribution in [0.4, 0.5) is 5.69 Å². The first-order valence-corrected chi connectivity index (χ1v) is 9.54. The summed E-state index contributed by atoms with van der Waals surface area (Å²) in [4.78, 5) is 22.4. The van der Waals surface area contributed by atoms with Crippen molar-refractivity contribution in [1.82, 2.24) is 14.4 Å². The van der Waals surface area contributed by atoms with Crippen LogP contribution in [0.1, 0.15) is 31.5 Å². The van der Waals surface area contributed by atoms with E-state index in [1.165, 1.54) is 16.9 Å². The molecule has 27 heavy (non-hydrogen) atoms. The lowest BCUT2D eigenvalue weighted by Gasteiger charge is -2.09. The second-order valence-electron chi connectivity index (χ2n) is 6.73. The number of anilines is 1. The van der Waals surface area contributed by atoms with Gasteiger partial charge in [0.15, 0.2) is 0 Å². The lowest BCUT2D eigenvalue weighted by Crippen LogP contribution is -2.12. The number of pyridine rings is 1. The van der Waals surface area contributed by atoms with Gasteiger partial charge in [0.05, 0.1) is 16.4 Å². The predicted octanol–water partition coefficient (Wildman–Crippen LogP) is 4.94. The molecule has 1 N–H and O–H groups in total. The Hall–Kier alpha value is -2.99. The van der Waals surface area contributed by atoms with Gasteiger partial charge in [0, 0.05) is 23.6 Å². The van der Waals surface area contributed by atoms with Crippen molar-refractivity contribution in [2.24, 2.45) is 0 Å². The fraction of sp³-hybridized carbons (Fsp3) is 0.190. The van der Waals surface area contributed by atoms with E-state index in [2.05, 4.69) is 29.4 Å². The van der Waals surface area contributed by atoms with Crippen LogP contribution in [0.3, 0.4) is 0 Å². The third kappa shape index (κ3) is 3.36. The van der Waals surface area contributed by atoms with Gasteiger partial charge in [-0.1, -0.05) is 12.1 Å². The Balaban J connectivity index is 1.68. The number of aromatic nitrogens is 3. The molecule has 1 aromatic carbocycles. The summed E-state index contributed by atoms with van der Waals surface area (Å²) < 4.78 is 2.00. The predicted molar refractivity (Wildman–Crippen MR) is 110 cm³/mol. The summed E-state index contributed by atoms with van der Waals surface area (Å²) in [7, 11) is 0. The van der Waals surface area contributed by atoms with Crippen LogP contribution in [0.15, 0.2) is 42.7 Å². The number of benzene rings is 1. The van der Waals surface area contributed by atoms with Crippen LogP contribution in [0.25, 0.3) is 16.9 Å². The summed E-state index contributed by atoms with van der Waals surface area (Å²) in [6, 6.07) is 10.1. The van der Waals surface area contributed by atoms with Crippen LogP contribution in [-0.4, -0.2) is 20.3 Å². The van der Waals surface area contributed by atoms with Crippen LogP contribution < -0.4 is 5.32 Å². The Morgan fingerprint density at radius 1 is 1.07 bits per heavy atom. The fourth-order valence-corrected chi connectivity index (χ4v) is 3.87. The molecular weight excluding hydrogens is 356 g/mol. The third-order valence-electron chi connectivity index (χ3n) is 4.51. The molecule has 0 fully saturated rings. The Labute approximate surface area is 161 Å². The van der Waals surface area contributed by atoms with E-state index in [-0.39, 0.29) is 5.91 Å². The highest BCUT2D eigenvalue weighted by Gasteiger charge is 2.15. The molecule has 0 spiro atoms. The van der Waals surface area contributed by atoms with Gasteiger partial charge in [0.25, 0.3) is 5.91 Å². The summed E-state index contributed by atoms with van der Waals surface area (Å²) >= 11 is 1.41. The Bertz CT molecular complexity index is 1170. The number of fused-ring (bicyclic) bond motifs is 1. The van der Waals surface area contributed by atoms with Gasteiger partial charge in [0.1, 0.15) is 10.5 Å². The molecule has 0 bridgehead atoms. The minimum atomic E-state index is -0.121. The van der Waals surface area contributed by atoms with Gasteiger partial charge in [-0.2, -0.15) is 0 Å². The van der Waals surface area contributed by atoms with Gasteiger partial charge in [-0.05, 0) is 57.0 Å². The summed E-state index contributed by atoms with van der Waals surface area (Å²) in [6.45, 7) is 7.81. The zero-order valence-corrected chi connectivity index (χ0v) is 16.5. The number of carbonyl (C=O) groups is 1. The molecule has 3 aromatic heterocycles. The van der Waals surface area contributed by atoms with Crippen molar-refractivity contribution in [2.45, 2.75) is 27.7 Å². The molecule has 0 aliphatic rings.